The van der Waals surface area contributed by atoms with Crippen LogP contribution in [0.1, 0.15) is 45.0 Å². The van der Waals surface area contributed by atoms with Gasteiger partial charge in [0.1, 0.15) is 17.9 Å². The summed E-state index contributed by atoms with van der Waals surface area (Å²) in [6.07, 6.45) is 1.31. The number of aryl methyl sites for hydroxylation is 1. The first-order valence-electron chi connectivity index (χ1n) is 6.33. The number of oxime groups is 1. The quantitative estimate of drug-likeness (QED) is 0.624. The molecule has 1 aromatic heterocycles. The van der Waals surface area contributed by atoms with Gasteiger partial charge in [0, 0.05) is 5.69 Å². The lowest BCUT2D eigenvalue weighted by Crippen LogP contribution is -2.32. The van der Waals surface area contributed by atoms with Gasteiger partial charge in [-0.3, -0.25) is 4.98 Å². The first-order valence-corrected chi connectivity index (χ1v) is 6.33. The Labute approximate surface area is 109 Å². The van der Waals surface area contributed by atoms with Crippen LogP contribution in [0.3, 0.4) is 0 Å². The van der Waals surface area contributed by atoms with Crippen LogP contribution in [0.25, 0.3) is 0 Å². The minimum atomic E-state index is -0.788. The summed E-state index contributed by atoms with van der Waals surface area (Å²) in [5, 5.41) is 14.1. The monoisotopic (exact) mass is 250 g/mol. The zero-order valence-corrected chi connectivity index (χ0v) is 11.6. The second-order valence-electron chi connectivity index (χ2n) is 4.55. The van der Waals surface area contributed by atoms with Crippen LogP contribution in [0.2, 0.25) is 0 Å². The summed E-state index contributed by atoms with van der Waals surface area (Å²) < 4.78 is 0. The van der Waals surface area contributed by atoms with Crippen molar-refractivity contribution in [3.05, 3.63) is 29.6 Å². The lowest BCUT2D eigenvalue weighted by molar-refractivity contribution is -0.0499. The third-order valence-electron chi connectivity index (χ3n) is 3.11. The van der Waals surface area contributed by atoms with Crippen LogP contribution >= 0.6 is 0 Å². The van der Waals surface area contributed by atoms with Crippen molar-refractivity contribution in [2.75, 3.05) is 6.61 Å². The third kappa shape index (κ3) is 4.11. The maximum Gasteiger partial charge on any atom is 0.145 e. The number of aromatic nitrogens is 1. The molecule has 0 aliphatic rings. The van der Waals surface area contributed by atoms with Gasteiger partial charge in [-0.05, 0) is 38.8 Å². The summed E-state index contributed by atoms with van der Waals surface area (Å²) >= 11 is 0. The fraction of sp³-hybridized carbons (Fsp3) is 0.571. The normalized spacial score (nSPS) is 12.6. The van der Waals surface area contributed by atoms with Gasteiger partial charge in [0.25, 0.3) is 0 Å². The smallest absolute Gasteiger partial charge is 0.145 e. The lowest BCUT2D eigenvalue weighted by Gasteiger charge is -2.23. The second kappa shape index (κ2) is 6.50. The van der Waals surface area contributed by atoms with Crippen molar-refractivity contribution in [1.82, 2.24) is 4.98 Å². The van der Waals surface area contributed by atoms with E-state index in [0.29, 0.717) is 18.6 Å². The van der Waals surface area contributed by atoms with Crippen molar-refractivity contribution in [3.8, 4) is 0 Å². The Morgan fingerprint density at radius 1 is 1.39 bits per heavy atom. The van der Waals surface area contributed by atoms with E-state index < -0.39 is 5.60 Å². The van der Waals surface area contributed by atoms with Crippen LogP contribution in [0, 0.1) is 6.92 Å². The molecule has 0 bridgehead atoms. The molecule has 0 amide bonds. The Hall–Kier alpha value is -1.42. The fourth-order valence-corrected chi connectivity index (χ4v) is 1.49. The Morgan fingerprint density at radius 2 is 2.06 bits per heavy atom. The van der Waals surface area contributed by atoms with E-state index in [0.717, 1.165) is 11.4 Å². The highest BCUT2D eigenvalue weighted by Crippen LogP contribution is 2.15. The molecule has 18 heavy (non-hydrogen) atoms. The maximum absolute atomic E-state index is 10.0. The largest absolute Gasteiger partial charge is 0.392 e. The number of pyridine rings is 1. The molecule has 0 fully saturated rings. The molecule has 1 N–H and O–H groups in total. The van der Waals surface area contributed by atoms with Gasteiger partial charge in [-0.1, -0.05) is 25.1 Å². The van der Waals surface area contributed by atoms with E-state index in [2.05, 4.69) is 10.1 Å². The van der Waals surface area contributed by atoms with E-state index in [1.807, 2.05) is 45.9 Å². The molecule has 0 aliphatic carbocycles. The Kier molecular flexibility index (Phi) is 5.28. The highest BCUT2D eigenvalue weighted by Gasteiger charge is 2.23. The second-order valence-corrected chi connectivity index (χ2v) is 4.55. The van der Waals surface area contributed by atoms with Crippen molar-refractivity contribution in [2.45, 2.75) is 46.1 Å². The molecule has 1 aromatic rings. The van der Waals surface area contributed by atoms with Crippen LogP contribution in [0.4, 0.5) is 0 Å². The average Bonchev–Trinajstić information content (AvgIpc) is 2.38. The summed E-state index contributed by atoms with van der Waals surface area (Å²) in [6.45, 7) is 7.86. The van der Waals surface area contributed by atoms with Crippen molar-refractivity contribution in [3.63, 3.8) is 0 Å². The van der Waals surface area contributed by atoms with Crippen LogP contribution < -0.4 is 0 Å². The molecular formula is C14H22N2O2. The number of aliphatic hydroxyl groups is 1. The highest BCUT2D eigenvalue weighted by molar-refractivity contribution is 5.96. The van der Waals surface area contributed by atoms with Crippen molar-refractivity contribution < 1.29 is 9.94 Å². The standard InChI is InChI=1S/C14H22N2O2/c1-5-14(17,6-2)10-18-16-12(4)13-9-7-8-11(3)15-13/h7-9,17H,5-6,10H2,1-4H3/b16-12+. The minimum Gasteiger partial charge on any atom is -0.392 e. The SMILES string of the molecule is CCC(O)(CC)CO/N=C(\C)c1cccc(C)n1. The predicted octanol–water partition coefficient (Wildman–Crippen LogP) is 2.68. The molecule has 0 unspecified atom stereocenters. The molecule has 0 spiro atoms. The number of hydrogen-bond acceptors (Lipinski definition) is 4. The van der Waals surface area contributed by atoms with E-state index in [4.69, 9.17) is 4.84 Å². The number of nitrogens with zero attached hydrogens (tertiary/aromatic N) is 2. The summed E-state index contributed by atoms with van der Waals surface area (Å²) in [6, 6.07) is 5.76. The molecule has 100 valence electrons. The molecule has 1 heterocycles. The molecule has 0 atom stereocenters. The molecule has 4 nitrogen and oxygen atoms in total. The van der Waals surface area contributed by atoms with Crippen LogP contribution in [-0.2, 0) is 4.84 Å². The van der Waals surface area contributed by atoms with Gasteiger partial charge in [0.15, 0.2) is 0 Å². The van der Waals surface area contributed by atoms with Gasteiger partial charge in [-0.25, -0.2) is 0 Å². The van der Waals surface area contributed by atoms with E-state index in [1.54, 1.807) is 0 Å². The summed E-state index contributed by atoms with van der Waals surface area (Å²) in [5.41, 5.74) is 1.67. The number of hydrogen-bond donors (Lipinski definition) is 1. The minimum absolute atomic E-state index is 0.211. The number of rotatable bonds is 6. The van der Waals surface area contributed by atoms with Gasteiger partial charge < -0.3 is 9.94 Å². The summed E-state index contributed by atoms with van der Waals surface area (Å²) in [4.78, 5) is 9.59. The summed E-state index contributed by atoms with van der Waals surface area (Å²) in [7, 11) is 0. The molecule has 0 aromatic carbocycles. The Morgan fingerprint density at radius 3 is 2.61 bits per heavy atom. The first-order chi connectivity index (χ1) is 8.50. The average molecular weight is 250 g/mol. The lowest BCUT2D eigenvalue weighted by atomic mass is 9.99. The van der Waals surface area contributed by atoms with E-state index >= 15 is 0 Å². The molecule has 1 rings (SSSR count). The molecule has 0 saturated carbocycles. The molecule has 0 aliphatic heterocycles. The molecule has 4 heteroatoms. The molecule has 0 radical (unpaired) electrons. The van der Waals surface area contributed by atoms with Gasteiger partial charge >= 0.3 is 0 Å². The van der Waals surface area contributed by atoms with Crippen LogP contribution in [0.5, 0.6) is 0 Å². The van der Waals surface area contributed by atoms with E-state index in [9.17, 15) is 5.11 Å². The Bertz CT molecular complexity index is 412. The molecular weight excluding hydrogens is 228 g/mol. The zero-order chi connectivity index (χ0) is 13.6. The molecule has 0 saturated heterocycles. The predicted molar refractivity (Wildman–Crippen MR) is 72.7 cm³/mol. The van der Waals surface area contributed by atoms with Gasteiger partial charge in [0.2, 0.25) is 0 Å². The topological polar surface area (TPSA) is 54.7 Å². The van der Waals surface area contributed by atoms with Crippen molar-refractivity contribution in [2.24, 2.45) is 5.16 Å². The zero-order valence-electron chi connectivity index (χ0n) is 11.6. The van der Waals surface area contributed by atoms with Crippen LogP contribution in [0.15, 0.2) is 23.4 Å². The third-order valence-corrected chi connectivity index (χ3v) is 3.11. The van der Waals surface area contributed by atoms with Crippen molar-refractivity contribution in [1.29, 1.82) is 0 Å². The van der Waals surface area contributed by atoms with E-state index in [-0.39, 0.29) is 6.61 Å². The Balaban J connectivity index is 2.63. The van der Waals surface area contributed by atoms with Crippen LogP contribution in [-0.4, -0.2) is 28.0 Å². The highest BCUT2D eigenvalue weighted by atomic mass is 16.6. The van der Waals surface area contributed by atoms with Gasteiger partial charge in [-0.2, -0.15) is 0 Å². The summed E-state index contributed by atoms with van der Waals surface area (Å²) in [5.74, 6) is 0. The van der Waals surface area contributed by atoms with Gasteiger partial charge in [0.05, 0.1) is 5.69 Å². The maximum atomic E-state index is 10.0. The fourth-order valence-electron chi connectivity index (χ4n) is 1.49. The van der Waals surface area contributed by atoms with Crippen molar-refractivity contribution >= 4 is 5.71 Å². The van der Waals surface area contributed by atoms with Gasteiger partial charge in [-0.15, -0.1) is 0 Å². The van der Waals surface area contributed by atoms with E-state index in [1.165, 1.54) is 0 Å². The first kappa shape index (κ1) is 14.6.